The Morgan fingerprint density at radius 2 is 1.71 bits per heavy atom. The van der Waals surface area contributed by atoms with Crippen LogP contribution < -0.4 is 14.8 Å². The molecule has 0 bridgehead atoms. The molecule has 0 atom stereocenters. The Labute approximate surface area is 126 Å². The standard InChI is InChI=1S/C16H25NO4/c1-6-16(7-2,15(18)19)17-10-12-9-14(21-5)13(20-4)8-11(12)3/h8-9,17H,6-7,10H2,1-5H3,(H,18,19). The minimum atomic E-state index is -0.889. The average Bonchev–Trinajstić information content (AvgIpc) is 2.49. The first-order valence-electron chi connectivity index (χ1n) is 7.14. The molecular formula is C16H25NO4. The molecule has 0 saturated carbocycles. The van der Waals surface area contributed by atoms with Crippen molar-refractivity contribution in [2.45, 2.75) is 45.7 Å². The summed E-state index contributed by atoms with van der Waals surface area (Å²) < 4.78 is 10.6. The number of methoxy groups -OCH3 is 2. The molecule has 0 aromatic heterocycles. The van der Waals surface area contributed by atoms with E-state index < -0.39 is 11.5 Å². The molecule has 1 aromatic carbocycles. The van der Waals surface area contributed by atoms with Crippen LogP contribution >= 0.6 is 0 Å². The molecule has 5 nitrogen and oxygen atoms in total. The van der Waals surface area contributed by atoms with Gasteiger partial charge in [0.05, 0.1) is 14.2 Å². The van der Waals surface area contributed by atoms with Gasteiger partial charge < -0.3 is 14.6 Å². The zero-order valence-corrected chi connectivity index (χ0v) is 13.4. The third-order valence-corrected chi connectivity index (χ3v) is 4.08. The molecule has 2 N–H and O–H groups in total. The van der Waals surface area contributed by atoms with Crippen LogP contribution in [0.25, 0.3) is 0 Å². The predicted molar refractivity (Wildman–Crippen MR) is 82.1 cm³/mol. The number of hydrogen-bond acceptors (Lipinski definition) is 4. The van der Waals surface area contributed by atoms with Crippen molar-refractivity contribution in [3.8, 4) is 11.5 Å². The summed E-state index contributed by atoms with van der Waals surface area (Å²) in [6.45, 7) is 6.21. The highest BCUT2D eigenvalue weighted by atomic mass is 16.5. The maximum atomic E-state index is 11.5. The number of ether oxygens (including phenoxy) is 2. The highest BCUT2D eigenvalue weighted by Crippen LogP contribution is 2.30. The fourth-order valence-electron chi connectivity index (χ4n) is 2.36. The van der Waals surface area contributed by atoms with E-state index in [1.54, 1.807) is 14.2 Å². The van der Waals surface area contributed by atoms with Crippen LogP contribution in [0, 0.1) is 6.92 Å². The van der Waals surface area contributed by atoms with Crippen molar-refractivity contribution in [3.63, 3.8) is 0 Å². The largest absolute Gasteiger partial charge is 0.493 e. The second-order valence-electron chi connectivity index (χ2n) is 5.08. The third-order valence-electron chi connectivity index (χ3n) is 4.08. The van der Waals surface area contributed by atoms with Crippen molar-refractivity contribution >= 4 is 5.97 Å². The van der Waals surface area contributed by atoms with Gasteiger partial charge in [-0.1, -0.05) is 13.8 Å². The quantitative estimate of drug-likeness (QED) is 0.772. The van der Waals surface area contributed by atoms with Gasteiger partial charge in [-0.25, -0.2) is 0 Å². The topological polar surface area (TPSA) is 67.8 Å². The van der Waals surface area contributed by atoms with Gasteiger partial charge >= 0.3 is 5.97 Å². The minimum absolute atomic E-state index is 0.472. The summed E-state index contributed by atoms with van der Waals surface area (Å²) in [4.78, 5) is 11.5. The van der Waals surface area contributed by atoms with Crippen LogP contribution in [0.2, 0.25) is 0 Å². The normalized spacial score (nSPS) is 11.3. The summed E-state index contributed by atoms with van der Waals surface area (Å²) in [5, 5.41) is 12.6. The Morgan fingerprint density at radius 3 is 2.14 bits per heavy atom. The molecule has 118 valence electrons. The van der Waals surface area contributed by atoms with Crippen LogP contribution in [0.15, 0.2) is 12.1 Å². The Bertz CT molecular complexity index is 495. The molecule has 0 fully saturated rings. The number of rotatable bonds is 8. The number of carbonyl (C=O) groups is 1. The average molecular weight is 295 g/mol. The van der Waals surface area contributed by atoms with E-state index in [9.17, 15) is 9.90 Å². The van der Waals surface area contributed by atoms with Gasteiger partial charge in [-0.3, -0.25) is 10.1 Å². The number of aliphatic carboxylic acids is 1. The van der Waals surface area contributed by atoms with E-state index in [0.29, 0.717) is 30.9 Å². The Balaban J connectivity index is 3.00. The molecule has 5 heteroatoms. The summed E-state index contributed by atoms with van der Waals surface area (Å²) in [5.74, 6) is 0.508. The van der Waals surface area contributed by atoms with E-state index in [-0.39, 0.29) is 0 Å². The van der Waals surface area contributed by atoms with Crippen LogP contribution in [-0.4, -0.2) is 30.8 Å². The molecular weight excluding hydrogens is 270 g/mol. The maximum absolute atomic E-state index is 11.5. The fourth-order valence-corrected chi connectivity index (χ4v) is 2.36. The third kappa shape index (κ3) is 3.67. The van der Waals surface area contributed by atoms with Gasteiger partial charge in [-0.05, 0) is 43.0 Å². The summed E-state index contributed by atoms with van der Waals surface area (Å²) >= 11 is 0. The SMILES string of the molecule is CCC(CC)(NCc1cc(OC)c(OC)cc1C)C(=O)O. The molecule has 0 aliphatic carbocycles. The van der Waals surface area contributed by atoms with Gasteiger partial charge in [0.1, 0.15) is 5.54 Å². The van der Waals surface area contributed by atoms with Gasteiger partial charge in [-0.2, -0.15) is 0 Å². The minimum Gasteiger partial charge on any atom is -0.493 e. The number of aryl methyl sites for hydroxylation is 1. The summed E-state index contributed by atoms with van der Waals surface area (Å²) in [5.41, 5.74) is 1.14. The summed E-state index contributed by atoms with van der Waals surface area (Å²) in [6, 6.07) is 3.79. The fraction of sp³-hybridized carbons (Fsp3) is 0.562. The number of carboxylic acid groups (broad SMARTS) is 1. The lowest BCUT2D eigenvalue weighted by Crippen LogP contribution is -2.50. The lowest BCUT2D eigenvalue weighted by atomic mass is 9.92. The first-order chi connectivity index (χ1) is 9.93. The van der Waals surface area contributed by atoms with Crippen molar-refractivity contribution in [3.05, 3.63) is 23.3 Å². The van der Waals surface area contributed by atoms with Gasteiger partial charge in [0.25, 0.3) is 0 Å². The van der Waals surface area contributed by atoms with E-state index >= 15 is 0 Å². The molecule has 0 unspecified atom stereocenters. The molecule has 0 aliphatic heterocycles. The number of carboxylic acids is 1. The van der Waals surface area contributed by atoms with Crippen molar-refractivity contribution in [1.82, 2.24) is 5.32 Å². The van der Waals surface area contributed by atoms with Crippen molar-refractivity contribution in [1.29, 1.82) is 0 Å². The Morgan fingerprint density at radius 1 is 1.19 bits per heavy atom. The van der Waals surface area contributed by atoms with E-state index in [0.717, 1.165) is 11.1 Å². The van der Waals surface area contributed by atoms with Crippen LogP contribution in [-0.2, 0) is 11.3 Å². The molecule has 0 saturated heterocycles. The molecule has 21 heavy (non-hydrogen) atoms. The first-order valence-corrected chi connectivity index (χ1v) is 7.14. The van der Waals surface area contributed by atoms with Crippen molar-refractivity contribution in [2.24, 2.45) is 0 Å². The highest BCUT2D eigenvalue weighted by Gasteiger charge is 2.34. The second-order valence-corrected chi connectivity index (χ2v) is 5.08. The Hall–Kier alpha value is -1.75. The Kier molecular flexibility index (Phi) is 6.03. The number of benzene rings is 1. The molecule has 0 spiro atoms. The van der Waals surface area contributed by atoms with Crippen LogP contribution in [0.4, 0.5) is 0 Å². The molecule has 0 amide bonds. The van der Waals surface area contributed by atoms with Gasteiger partial charge in [0.15, 0.2) is 11.5 Å². The molecule has 0 radical (unpaired) electrons. The van der Waals surface area contributed by atoms with Gasteiger partial charge in [0, 0.05) is 6.54 Å². The zero-order chi connectivity index (χ0) is 16.0. The van der Waals surface area contributed by atoms with Crippen LogP contribution in [0.1, 0.15) is 37.8 Å². The zero-order valence-electron chi connectivity index (χ0n) is 13.4. The highest BCUT2D eigenvalue weighted by molar-refractivity contribution is 5.78. The van der Waals surface area contributed by atoms with Crippen LogP contribution in [0.5, 0.6) is 11.5 Å². The van der Waals surface area contributed by atoms with Crippen molar-refractivity contribution in [2.75, 3.05) is 14.2 Å². The van der Waals surface area contributed by atoms with Gasteiger partial charge in [-0.15, -0.1) is 0 Å². The smallest absolute Gasteiger partial charge is 0.323 e. The lowest BCUT2D eigenvalue weighted by molar-refractivity contribution is -0.145. The lowest BCUT2D eigenvalue weighted by Gasteiger charge is -2.28. The molecule has 1 rings (SSSR count). The molecule has 1 aromatic rings. The van der Waals surface area contributed by atoms with Crippen LogP contribution in [0.3, 0.4) is 0 Å². The van der Waals surface area contributed by atoms with E-state index in [1.165, 1.54) is 0 Å². The first kappa shape index (κ1) is 17.3. The monoisotopic (exact) mass is 295 g/mol. The summed E-state index contributed by atoms with van der Waals surface area (Å²) in [6.07, 6.45) is 1.07. The van der Waals surface area contributed by atoms with Crippen molar-refractivity contribution < 1.29 is 19.4 Å². The number of hydrogen-bond donors (Lipinski definition) is 2. The maximum Gasteiger partial charge on any atom is 0.323 e. The van der Waals surface area contributed by atoms with E-state index in [2.05, 4.69) is 5.32 Å². The molecule has 0 aliphatic rings. The summed E-state index contributed by atoms with van der Waals surface area (Å²) in [7, 11) is 3.18. The molecule has 0 heterocycles. The predicted octanol–water partition coefficient (Wildman–Crippen LogP) is 2.75. The number of nitrogens with one attached hydrogen (secondary N) is 1. The van der Waals surface area contributed by atoms with Gasteiger partial charge in [0.2, 0.25) is 0 Å². The van der Waals surface area contributed by atoms with E-state index in [4.69, 9.17) is 9.47 Å². The second kappa shape index (κ2) is 7.31. The van der Waals surface area contributed by atoms with E-state index in [1.807, 2.05) is 32.9 Å².